The van der Waals surface area contributed by atoms with Gasteiger partial charge >= 0.3 is 0 Å². The second-order valence-corrected chi connectivity index (χ2v) is 22.4. The van der Waals surface area contributed by atoms with Gasteiger partial charge < -0.3 is 28.8 Å². The first-order chi connectivity index (χ1) is 32.5. The number of nitrogens with zero attached hydrogens (tertiary/aromatic N) is 1. The molecule has 1 amide bonds. The van der Waals surface area contributed by atoms with Crippen LogP contribution in [0.4, 0.5) is 0 Å². The van der Waals surface area contributed by atoms with Crippen LogP contribution in [-0.2, 0) is 18.4 Å². The molecule has 8 nitrogen and oxygen atoms in total. The minimum absolute atomic E-state index is 0.00372. The van der Waals surface area contributed by atoms with Crippen LogP contribution in [0, 0.1) is 0 Å². The highest BCUT2D eigenvalue weighted by Crippen LogP contribution is 2.38. The number of aliphatic hydroxyl groups is 1. The molecule has 0 rings (SSSR count). The normalized spacial score (nSPS) is 14.2. The van der Waals surface area contributed by atoms with E-state index >= 15 is 0 Å². The summed E-state index contributed by atoms with van der Waals surface area (Å²) in [6, 6.07) is -0.894. The molecule has 0 spiro atoms. The summed E-state index contributed by atoms with van der Waals surface area (Å²) in [5.41, 5.74) is 0. The number of unbranched alkanes of at least 4 members (excludes halogenated alkanes) is 36. The second kappa shape index (κ2) is 49.7. The Bertz CT molecular complexity index is 1190. The van der Waals surface area contributed by atoms with E-state index in [1.54, 1.807) is 6.08 Å². The maximum absolute atomic E-state index is 12.9. The summed E-state index contributed by atoms with van der Waals surface area (Å²) in [5, 5.41) is 13.9. The van der Waals surface area contributed by atoms with Crippen LogP contribution in [0.3, 0.4) is 0 Å². The SMILES string of the molecule is CCCCC/C=C\C/C=C\CCCCCCCC(=O)NC(COP(=O)([O-])OCC[N+](C)(C)C)C(O)/C=C/CCCCCCCCCCCCCCCCCCCCCCCCCCCCCC. The van der Waals surface area contributed by atoms with E-state index in [1.807, 2.05) is 27.2 Å². The minimum atomic E-state index is -4.60. The van der Waals surface area contributed by atoms with Crippen molar-refractivity contribution in [3.63, 3.8) is 0 Å². The van der Waals surface area contributed by atoms with E-state index in [0.717, 1.165) is 64.2 Å². The molecule has 0 saturated heterocycles. The number of rotatable bonds is 53. The molecule has 0 fully saturated rings. The Morgan fingerprint density at radius 1 is 0.522 bits per heavy atom. The first-order valence-electron chi connectivity index (χ1n) is 28.9. The zero-order chi connectivity index (χ0) is 49.2. The van der Waals surface area contributed by atoms with Crippen LogP contribution >= 0.6 is 7.82 Å². The molecule has 2 N–H and O–H groups in total. The fourth-order valence-corrected chi connectivity index (χ4v) is 9.26. The van der Waals surface area contributed by atoms with Crippen LogP contribution in [0.2, 0.25) is 0 Å². The predicted molar refractivity (Wildman–Crippen MR) is 288 cm³/mol. The third kappa shape index (κ3) is 52.4. The highest BCUT2D eigenvalue weighted by atomic mass is 31.2. The fourth-order valence-electron chi connectivity index (χ4n) is 8.54. The van der Waals surface area contributed by atoms with Gasteiger partial charge in [0.2, 0.25) is 5.91 Å². The molecular formula is C58H113N2O6P. The number of carbonyl (C=O) groups is 1. The van der Waals surface area contributed by atoms with Crippen LogP contribution in [0.5, 0.6) is 0 Å². The molecule has 0 aromatic heterocycles. The summed E-state index contributed by atoms with van der Waals surface area (Å²) in [5.74, 6) is -0.209. The lowest BCUT2D eigenvalue weighted by Crippen LogP contribution is -2.45. The quantitative estimate of drug-likeness (QED) is 0.0272. The standard InChI is InChI=1S/C58H113N2O6P/c1-6-8-10-12-14-16-18-20-22-23-24-25-26-27-28-29-30-31-32-33-34-35-36-38-39-41-43-45-47-49-51-57(61)56(55-66-67(63,64)65-54-53-60(3,4)5)59-58(62)52-50-48-46-44-42-40-37-21-19-17-15-13-11-9-7-2/h15,17,21,37,49,51,56-57,61H,6-14,16,18-20,22-36,38-48,50,52-55H2,1-5H3,(H-,59,62,63,64)/b17-15-,37-21-,51-49+. The van der Waals surface area contributed by atoms with Gasteiger partial charge in [-0.05, 0) is 51.4 Å². The largest absolute Gasteiger partial charge is 0.756 e. The number of aliphatic hydroxyl groups excluding tert-OH is 1. The highest BCUT2D eigenvalue weighted by molar-refractivity contribution is 7.45. The number of likely N-dealkylation sites (N-methyl/N-ethyl adjacent to an activating group) is 1. The van der Waals surface area contributed by atoms with Crippen molar-refractivity contribution in [3.05, 3.63) is 36.5 Å². The number of carbonyl (C=O) groups excluding carboxylic acids is 1. The van der Waals surface area contributed by atoms with Crippen molar-refractivity contribution < 1.29 is 32.9 Å². The van der Waals surface area contributed by atoms with E-state index in [2.05, 4.69) is 43.5 Å². The molecule has 9 heteroatoms. The van der Waals surface area contributed by atoms with E-state index in [9.17, 15) is 19.4 Å². The Labute approximate surface area is 417 Å². The molecule has 0 aliphatic rings. The molecular weight excluding hydrogens is 852 g/mol. The van der Waals surface area contributed by atoms with Crippen LogP contribution in [0.1, 0.15) is 277 Å². The number of hydrogen-bond donors (Lipinski definition) is 2. The van der Waals surface area contributed by atoms with Crippen molar-refractivity contribution in [2.24, 2.45) is 0 Å². The Balaban J connectivity index is 4.12. The molecule has 0 aliphatic heterocycles. The summed E-state index contributed by atoms with van der Waals surface area (Å²) in [4.78, 5) is 25.4. The Morgan fingerprint density at radius 2 is 0.866 bits per heavy atom. The van der Waals surface area contributed by atoms with Crippen LogP contribution < -0.4 is 10.2 Å². The highest BCUT2D eigenvalue weighted by Gasteiger charge is 2.23. The average Bonchev–Trinajstić information content (AvgIpc) is 3.29. The van der Waals surface area contributed by atoms with Gasteiger partial charge in [0, 0.05) is 6.42 Å². The minimum Gasteiger partial charge on any atom is -0.756 e. The van der Waals surface area contributed by atoms with Crippen LogP contribution in [0.15, 0.2) is 36.5 Å². The monoisotopic (exact) mass is 965 g/mol. The van der Waals surface area contributed by atoms with Crippen LogP contribution in [0.25, 0.3) is 0 Å². The molecule has 0 heterocycles. The van der Waals surface area contributed by atoms with Gasteiger partial charge in [-0.15, -0.1) is 0 Å². The average molecular weight is 966 g/mol. The van der Waals surface area contributed by atoms with E-state index in [1.165, 1.54) is 193 Å². The molecule has 3 unspecified atom stereocenters. The zero-order valence-corrected chi connectivity index (χ0v) is 46.0. The number of phosphoric acid groups is 1. The summed E-state index contributed by atoms with van der Waals surface area (Å²) in [6.45, 7) is 4.64. The van der Waals surface area contributed by atoms with Gasteiger partial charge in [-0.25, -0.2) is 0 Å². The van der Waals surface area contributed by atoms with Gasteiger partial charge in [-0.2, -0.15) is 0 Å². The van der Waals surface area contributed by atoms with Crippen molar-refractivity contribution in [2.45, 2.75) is 289 Å². The maximum atomic E-state index is 12.9. The fraction of sp³-hybridized carbons (Fsp3) is 0.879. The maximum Gasteiger partial charge on any atom is 0.268 e. The van der Waals surface area contributed by atoms with Crippen molar-refractivity contribution >= 4 is 13.7 Å². The Kier molecular flexibility index (Phi) is 48.7. The van der Waals surface area contributed by atoms with Gasteiger partial charge in [-0.1, -0.05) is 256 Å². The molecule has 3 atom stereocenters. The molecule has 0 aromatic rings. The molecule has 0 radical (unpaired) electrons. The summed E-state index contributed by atoms with van der Waals surface area (Å²) in [6.07, 6.45) is 63.7. The number of allylic oxidation sites excluding steroid dienone is 5. The molecule has 0 bridgehead atoms. The first-order valence-corrected chi connectivity index (χ1v) is 30.3. The summed E-state index contributed by atoms with van der Waals surface area (Å²) in [7, 11) is 1.26. The predicted octanol–water partition coefficient (Wildman–Crippen LogP) is 16.7. The number of hydrogen-bond acceptors (Lipinski definition) is 6. The summed E-state index contributed by atoms with van der Waals surface area (Å²) >= 11 is 0. The third-order valence-corrected chi connectivity index (χ3v) is 14.1. The van der Waals surface area contributed by atoms with Gasteiger partial charge in [-0.3, -0.25) is 9.36 Å². The van der Waals surface area contributed by atoms with Gasteiger partial charge in [0.15, 0.2) is 0 Å². The van der Waals surface area contributed by atoms with E-state index in [0.29, 0.717) is 17.4 Å². The van der Waals surface area contributed by atoms with Gasteiger partial charge in [0.05, 0.1) is 39.9 Å². The zero-order valence-electron chi connectivity index (χ0n) is 45.1. The smallest absolute Gasteiger partial charge is 0.268 e. The van der Waals surface area contributed by atoms with Crippen molar-refractivity contribution in [2.75, 3.05) is 40.9 Å². The first kappa shape index (κ1) is 65.7. The lowest BCUT2D eigenvalue weighted by molar-refractivity contribution is -0.870. The van der Waals surface area contributed by atoms with E-state index < -0.39 is 20.0 Å². The van der Waals surface area contributed by atoms with Crippen molar-refractivity contribution in [1.82, 2.24) is 5.32 Å². The lowest BCUT2D eigenvalue weighted by atomic mass is 10.0. The number of amides is 1. The number of phosphoric ester groups is 1. The molecule has 0 aliphatic carbocycles. The molecule has 0 aromatic carbocycles. The van der Waals surface area contributed by atoms with Gasteiger partial charge in [0.1, 0.15) is 13.2 Å². The lowest BCUT2D eigenvalue weighted by Gasteiger charge is -2.29. The Hall–Kier alpha value is -1.28. The number of quaternary nitrogens is 1. The number of nitrogens with one attached hydrogen (secondary N) is 1. The van der Waals surface area contributed by atoms with Gasteiger partial charge in [0.25, 0.3) is 7.82 Å². The van der Waals surface area contributed by atoms with Crippen molar-refractivity contribution in [3.8, 4) is 0 Å². The van der Waals surface area contributed by atoms with E-state index in [4.69, 9.17) is 9.05 Å². The van der Waals surface area contributed by atoms with E-state index in [-0.39, 0.29) is 19.1 Å². The van der Waals surface area contributed by atoms with Crippen LogP contribution in [-0.4, -0.2) is 68.5 Å². The van der Waals surface area contributed by atoms with Crippen molar-refractivity contribution in [1.29, 1.82) is 0 Å². The topological polar surface area (TPSA) is 108 Å². The Morgan fingerprint density at radius 3 is 1.27 bits per heavy atom. The molecule has 396 valence electrons. The molecule has 0 saturated carbocycles. The summed E-state index contributed by atoms with van der Waals surface area (Å²) < 4.78 is 23.3. The molecule has 67 heavy (non-hydrogen) atoms. The second-order valence-electron chi connectivity index (χ2n) is 21.0. The third-order valence-electron chi connectivity index (χ3n) is 13.1.